The fraction of sp³-hybridized carbons (Fsp3) is 0.642. The first-order chi connectivity index (χ1) is 30.4. The number of hydrogen-bond donors (Lipinski definition) is 2. The third-order valence-corrected chi connectivity index (χ3v) is 10.7. The number of rotatable bonds is 45. The van der Waals surface area contributed by atoms with Gasteiger partial charge < -0.3 is 20.1 Å². The van der Waals surface area contributed by atoms with Gasteiger partial charge in [0.1, 0.15) is 6.10 Å². The van der Waals surface area contributed by atoms with Gasteiger partial charge in [0.2, 0.25) is 0 Å². The molecule has 0 spiro atoms. The van der Waals surface area contributed by atoms with Gasteiger partial charge in [-0.15, -0.1) is 0 Å². The Morgan fingerprint density at radius 2 is 0.855 bits per heavy atom. The van der Waals surface area contributed by atoms with E-state index in [0.29, 0.717) is 13.0 Å². The predicted molar refractivity (Wildman–Crippen MR) is 265 cm³/mol. The fourth-order valence-electron chi connectivity index (χ4n) is 6.19. The average molecular weight is 884 g/mol. The summed E-state index contributed by atoms with van der Waals surface area (Å²) in [4.78, 5) is 22.6. The first kappa shape index (κ1) is 59.2. The molecule has 2 atom stereocenters. The van der Waals surface area contributed by atoms with Crippen LogP contribution in [0.1, 0.15) is 181 Å². The third-order valence-electron chi connectivity index (χ3n) is 9.69. The number of unbranched alkanes of at least 4 members (excludes halogenated alkanes) is 14. The van der Waals surface area contributed by atoms with E-state index in [-0.39, 0.29) is 38.8 Å². The Morgan fingerprint density at radius 1 is 0.484 bits per heavy atom. The highest BCUT2D eigenvalue weighted by atomic mass is 31.2. The second kappa shape index (κ2) is 49.2. The van der Waals surface area contributed by atoms with E-state index in [2.05, 4.69) is 123 Å². The minimum atomic E-state index is -4.30. The van der Waals surface area contributed by atoms with Crippen LogP contribution in [-0.4, -0.2) is 49.9 Å². The summed E-state index contributed by atoms with van der Waals surface area (Å²) in [6.07, 6.45) is 66.9. The molecule has 0 aromatic rings. The molecule has 3 N–H and O–H groups in total. The third kappa shape index (κ3) is 48.2. The molecule has 0 aliphatic carbocycles. The number of phosphoric ester groups is 1. The van der Waals surface area contributed by atoms with E-state index in [9.17, 15) is 14.3 Å². The Hall–Kier alpha value is -2.84. The Balaban J connectivity index is 4.05. The summed E-state index contributed by atoms with van der Waals surface area (Å²) in [5.74, 6) is -0.366. The molecule has 0 heterocycles. The van der Waals surface area contributed by atoms with E-state index in [1.807, 2.05) is 0 Å². The molecule has 0 fully saturated rings. The zero-order chi connectivity index (χ0) is 45.1. The number of nitrogens with two attached hydrogens (primary N) is 1. The quantitative estimate of drug-likeness (QED) is 0.0269. The van der Waals surface area contributed by atoms with E-state index >= 15 is 0 Å². The lowest BCUT2D eigenvalue weighted by molar-refractivity contribution is -0.154. The molecule has 9 heteroatoms. The van der Waals surface area contributed by atoms with Crippen LogP contribution in [0, 0.1) is 0 Å². The Labute approximate surface area is 380 Å². The van der Waals surface area contributed by atoms with Crippen molar-refractivity contribution in [3.8, 4) is 0 Å². The van der Waals surface area contributed by atoms with Crippen LogP contribution in [0.4, 0.5) is 0 Å². The van der Waals surface area contributed by atoms with Crippen LogP contribution < -0.4 is 5.73 Å². The smallest absolute Gasteiger partial charge is 0.457 e. The molecule has 0 aliphatic heterocycles. The number of hydrogen-bond acceptors (Lipinski definition) is 7. The number of phosphoric acid groups is 1. The first-order valence-electron chi connectivity index (χ1n) is 24.4. The van der Waals surface area contributed by atoms with Crippen molar-refractivity contribution in [3.63, 3.8) is 0 Å². The van der Waals surface area contributed by atoms with Crippen LogP contribution in [0.2, 0.25) is 0 Å². The zero-order valence-electron chi connectivity index (χ0n) is 39.3. The van der Waals surface area contributed by atoms with Gasteiger partial charge in [0.05, 0.1) is 19.8 Å². The summed E-state index contributed by atoms with van der Waals surface area (Å²) >= 11 is 0. The number of carbonyl (C=O) groups excluding carboxylic acids is 1. The highest BCUT2D eigenvalue weighted by molar-refractivity contribution is 7.47. The normalized spacial score (nSPS) is 14.3. The van der Waals surface area contributed by atoms with Crippen molar-refractivity contribution in [2.45, 2.75) is 187 Å². The monoisotopic (exact) mass is 884 g/mol. The molecule has 0 amide bonds. The van der Waals surface area contributed by atoms with Gasteiger partial charge in [-0.25, -0.2) is 4.57 Å². The van der Waals surface area contributed by atoms with Gasteiger partial charge in [-0.2, -0.15) is 0 Å². The second-order valence-corrected chi connectivity index (χ2v) is 17.0. The van der Waals surface area contributed by atoms with Crippen LogP contribution in [0.15, 0.2) is 109 Å². The minimum Gasteiger partial charge on any atom is -0.457 e. The largest absolute Gasteiger partial charge is 0.472 e. The molecule has 0 saturated heterocycles. The van der Waals surface area contributed by atoms with E-state index in [1.165, 1.54) is 64.2 Å². The Morgan fingerprint density at radius 3 is 1.27 bits per heavy atom. The van der Waals surface area contributed by atoms with Crippen molar-refractivity contribution in [3.05, 3.63) is 109 Å². The van der Waals surface area contributed by atoms with Crippen molar-refractivity contribution < 1.29 is 32.8 Å². The molecule has 0 saturated carbocycles. The lowest BCUT2D eigenvalue weighted by Crippen LogP contribution is -2.28. The summed E-state index contributed by atoms with van der Waals surface area (Å²) in [6, 6.07) is 0. The first-order valence-corrected chi connectivity index (χ1v) is 25.9. The van der Waals surface area contributed by atoms with Crippen molar-refractivity contribution in [1.29, 1.82) is 0 Å². The molecule has 0 radical (unpaired) electrons. The van der Waals surface area contributed by atoms with Gasteiger partial charge in [0.25, 0.3) is 0 Å². The fourth-order valence-corrected chi connectivity index (χ4v) is 6.96. The average Bonchev–Trinajstić information content (AvgIpc) is 3.26. The van der Waals surface area contributed by atoms with Crippen molar-refractivity contribution in [2.24, 2.45) is 5.73 Å². The van der Waals surface area contributed by atoms with Crippen molar-refractivity contribution >= 4 is 13.8 Å². The van der Waals surface area contributed by atoms with E-state index in [1.54, 1.807) is 0 Å². The molecule has 354 valence electrons. The van der Waals surface area contributed by atoms with Crippen LogP contribution in [0.25, 0.3) is 0 Å². The van der Waals surface area contributed by atoms with Crippen LogP contribution in [-0.2, 0) is 27.9 Å². The van der Waals surface area contributed by atoms with Gasteiger partial charge in [0.15, 0.2) is 0 Å². The Kier molecular flexibility index (Phi) is 46.9. The summed E-state index contributed by atoms with van der Waals surface area (Å²) < 4.78 is 33.5. The highest BCUT2D eigenvalue weighted by Crippen LogP contribution is 2.43. The molecule has 62 heavy (non-hydrogen) atoms. The Bertz CT molecular complexity index is 1310. The molecule has 0 bridgehead atoms. The second-order valence-electron chi connectivity index (χ2n) is 15.6. The number of esters is 1. The molecular formula is C53H90NO7P. The zero-order valence-corrected chi connectivity index (χ0v) is 40.2. The number of allylic oxidation sites excluding steroid dienone is 18. The van der Waals surface area contributed by atoms with Crippen LogP contribution in [0.3, 0.4) is 0 Å². The predicted octanol–water partition coefficient (Wildman–Crippen LogP) is 15.2. The van der Waals surface area contributed by atoms with Gasteiger partial charge in [0, 0.05) is 19.6 Å². The van der Waals surface area contributed by atoms with Gasteiger partial charge in [-0.05, 0) is 96.3 Å². The maximum atomic E-state index is 12.6. The lowest BCUT2D eigenvalue weighted by atomic mass is 10.1. The number of ether oxygens (including phenoxy) is 2. The molecule has 8 nitrogen and oxygen atoms in total. The van der Waals surface area contributed by atoms with Crippen molar-refractivity contribution in [1.82, 2.24) is 0 Å². The molecule has 2 unspecified atom stereocenters. The van der Waals surface area contributed by atoms with E-state index in [0.717, 1.165) is 89.9 Å². The molecule has 0 rings (SSSR count). The summed E-state index contributed by atoms with van der Waals surface area (Å²) in [5, 5.41) is 0. The summed E-state index contributed by atoms with van der Waals surface area (Å²) in [7, 11) is -4.30. The molecule has 0 aromatic heterocycles. The molecule has 0 aromatic carbocycles. The van der Waals surface area contributed by atoms with E-state index < -0.39 is 13.9 Å². The highest BCUT2D eigenvalue weighted by Gasteiger charge is 2.25. The van der Waals surface area contributed by atoms with Gasteiger partial charge in [-0.3, -0.25) is 13.8 Å². The van der Waals surface area contributed by atoms with Crippen LogP contribution in [0.5, 0.6) is 0 Å². The number of carbonyl (C=O) groups is 1. The molecular weight excluding hydrogens is 794 g/mol. The van der Waals surface area contributed by atoms with Gasteiger partial charge in [-0.1, -0.05) is 187 Å². The SMILES string of the molecule is CC/C=C\C/C=C\C/C=C\C/C=C\C/C=C\CCCCCC(=O)OC(COCCCCCCCCCCCCC/C=C\C/C=C\C/C=C\C/C=C\CC)COP(=O)(O)OCCN. The van der Waals surface area contributed by atoms with Gasteiger partial charge >= 0.3 is 13.8 Å². The molecule has 0 aliphatic rings. The summed E-state index contributed by atoms with van der Waals surface area (Å²) in [5.41, 5.74) is 5.38. The van der Waals surface area contributed by atoms with Crippen molar-refractivity contribution in [2.75, 3.05) is 33.0 Å². The maximum Gasteiger partial charge on any atom is 0.472 e. The topological polar surface area (TPSA) is 117 Å². The minimum absolute atomic E-state index is 0.0880. The standard InChI is InChI=1S/C53H90NO7P/c1-3-5-7-9-11-13-15-17-19-21-23-24-25-26-27-29-31-33-35-37-39-41-43-45-48-58-50-52(51-60-62(56,57)59-49-47-54)61-53(55)46-44-42-40-38-36-34-32-30-28-22-20-18-16-14-12-10-8-6-4-2/h5-8,11-14,17-20,23-24,28,30,34,36,52H,3-4,9-10,15-16,21-22,25-27,29,31-33,35,37-51,54H2,1-2H3,(H,56,57)/b7-5-,8-6-,13-11-,14-12-,19-17-,20-18-,24-23-,30-28-,36-34-. The van der Waals surface area contributed by atoms with E-state index in [4.69, 9.17) is 24.3 Å². The summed E-state index contributed by atoms with van der Waals surface area (Å²) in [6.45, 7) is 4.62. The lowest BCUT2D eigenvalue weighted by Gasteiger charge is -2.20. The van der Waals surface area contributed by atoms with Crippen LogP contribution >= 0.6 is 7.82 Å². The maximum absolute atomic E-state index is 12.6.